The van der Waals surface area contributed by atoms with Gasteiger partial charge in [-0.2, -0.15) is 0 Å². The molecule has 0 aliphatic carbocycles. The number of morpholine rings is 1. The first kappa shape index (κ1) is 16.4. The molecule has 1 aliphatic heterocycles. The Morgan fingerprint density at radius 1 is 1.50 bits per heavy atom. The number of nitro groups is 1. The van der Waals surface area contributed by atoms with Crippen molar-refractivity contribution in [3.05, 3.63) is 33.9 Å². The van der Waals surface area contributed by atoms with Gasteiger partial charge in [-0.25, -0.2) is 0 Å². The second-order valence-corrected chi connectivity index (χ2v) is 5.70. The highest BCUT2D eigenvalue weighted by atomic mass is 16.6. The third-order valence-electron chi connectivity index (χ3n) is 3.80. The molecule has 1 amide bonds. The number of hydrogen-bond acceptors (Lipinski definition) is 5. The minimum absolute atomic E-state index is 0.0804. The van der Waals surface area contributed by atoms with Crippen molar-refractivity contribution in [1.29, 1.82) is 0 Å². The number of rotatable bonds is 4. The van der Waals surface area contributed by atoms with Gasteiger partial charge in [0.2, 0.25) is 5.91 Å². The van der Waals surface area contributed by atoms with E-state index in [-0.39, 0.29) is 36.0 Å². The van der Waals surface area contributed by atoms with Crippen LogP contribution in [0.2, 0.25) is 0 Å². The quantitative estimate of drug-likeness (QED) is 0.679. The van der Waals surface area contributed by atoms with Crippen molar-refractivity contribution in [2.75, 3.05) is 25.0 Å². The van der Waals surface area contributed by atoms with E-state index in [1.54, 1.807) is 19.1 Å². The Kier molecular flexibility index (Phi) is 5.10. The van der Waals surface area contributed by atoms with Gasteiger partial charge < -0.3 is 10.1 Å². The summed E-state index contributed by atoms with van der Waals surface area (Å²) in [5, 5.41) is 13.7. The zero-order valence-corrected chi connectivity index (χ0v) is 13.0. The highest BCUT2D eigenvalue weighted by Gasteiger charge is 2.26. The predicted octanol–water partition coefficient (Wildman–Crippen LogP) is 1.95. The number of nitrogens with zero attached hydrogens (tertiary/aromatic N) is 2. The highest BCUT2D eigenvalue weighted by Crippen LogP contribution is 2.27. The van der Waals surface area contributed by atoms with Crippen LogP contribution in [0.25, 0.3) is 0 Å². The molecule has 0 aromatic heterocycles. The van der Waals surface area contributed by atoms with Crippen LogP contribution in [0.15, 0.2) is 18.2 Å². The average molecular weight is 307 g/mol. The summed E-state index contributed by atoms with van der Waals surface area (Å²) in [4.78, 5) is 24.8. The average Bonchev–Trinajstić information content (AvgIpc) is 2.44. The molecule has 0 spiro atoms. The molecule has 0 saturated carbocycles. The molecule has 1 N–H and O–H groups in total. The molecule has 1 aliphatic rings. The summed E-state index contributed by atoms with van der Waals surface area (Å²) < 4.78 is 5.53. The zero-order valence-electron chi connectivity index (χ0n) is 13.0. The molecule has 2 atom stereocenters. The Hall–Kier alpha value is -1.99. The van der Waals surface area contributed by atoms with Crippen LogP contribution in [0.1, 0.15) is 19.4 Å². The van der Waals surface area contributed by atoms with Crippen molar-refractivity contribution < 1.29 is 14.5 Å². The third-order valence-corrected chi connectivity index (χ3v) is 3.80. The van der Waals surface area contributed by atoms with Gasteiger partial charge in [0.1, 0.15) is 5.69 Å². The number of nitro benzene ring substituents is 1. The molecular formula is C15H21N3O4. The lowest BCUT2D eigenvalue weighted by Crippen LogP contribution is -2.50. The number of benzene rings is 1. The molecule has 0 unspecified atom stereocenters. The monoisotopic (exact) mass is 307 g/mol. The van der Waals surface area contributed by atoms with Gasteiger partial charge in [0.15, 0.2) is 0 Å². The maximum absolute atomic E-state index is 12.2. The van der Waals surface area contributed by atoms with Gasteiger partial charge >= 0.3 is 0 Å². The molecule has 2 rings (SSSR count). The summed E-state index contributed by atoms with van der Waals surface area (Å²) in [5.41, 5.74) is 0.856. The molecule has 1 aromatic rings. The fourth-order valence-electron chi connectivity index (χ4n) is 2.52. The molecule has 0 bridgehead atoms. The molecule has 120 valence electrons. The molecule has 1 aromatic carbocycles. The van der Waals surface area contributed by atoms with Crippen molar-refractivity contribution >= 4 is 17.3 Å². The second kappa shape index (κ2) is 6.85. The summed E-state index contributed by atoms with van der Waals surface area (Å²) in [6, 6.07) is 4.88. The van der Waals surface area contributed by atoms with Crippen molar-refractivity contribution in [2.24, 2.45) is 0 Å². The van der Waals surface area contributed by atoms with Gasteiger partial charge in [-0.1, -0.05) is 12.1 Å². The lowest BCUT2D eigenvalue weighted by atomic mass is 10.1. The maximum Gasteiger partial charge on any atom is 0.293 e. The number of carbonyl (C=O) groups excluding carboxylic acids is 1. The Morgan fingerprint density at radius 2 is 2.23 bits per heavy atom. The Bertz CT molecular complexity index is 576. The number of amides is 1. The van der Waals surface area contributed by atoms with E-state index in [1.807, 2.05) is 18.7 Å². The Morgan fingerprint density at radius 3 is 2.91 bits per heavy atom. The summed E-state index contributed by atoms with van der Waals surface area (Å²) in [7, 11) is 0. The number of anilines is 1. The first-order valence-corrected chi connectivity index (χ1v) is 7.28. The van der Waals surface area contributed by atoms with E-state index in [0.29, 0.717) is 18.7 Å². The van der Waals surface area contributed by atoms with Gasteiger partial charge in [-0.05, 0) is 26.3 Å². The molecule has 1 fully saturated rings. The number of aryl methyl sites for hydroxylation is 1. The normalized spacial score (nSPS) is 22.3. The fraction of sp³-hybridized carbons (Fsp3) is 0.533. The van der Waals surface area contributed by atoms with Crippen LogP contribution >= 0.6 is 0 Å². The van der Waals surface area contributed by atoms with Crippen LogP contribution in [0, 0.1) is 17.0 Å². The summed E-state index contributed by atoms with van der Waals surface area (Å²) >= 11 is 0. The molecule has 0 radical (unpaired) electrons. The SMILES string of the molecule is Cc1cccc([N+](=O)[O-])c1NC(=O)CN1C[C@@H](C)OC[C@H]1C. The molecule has 1 saturated heterocycles. The van der Waals surface area contributed by atoms with Gasteiger partial charge in [0, 0.05) is 18.7 Å². The van der Waals surface area contributed by atoms with E-state index in [4.69, 9.17) is 4.74 Å². The lowest BCUT2D eigenvalue weighted by molar-refractivity contribution is -0.384. The molecule has 22 heavy (non-hydrogen) atoms. The smallest absolute Gasteiger partial charge is 0.293 e. The molecule has 1 heterocycles. The number of para-hydroxylation sites is 1. The van der Waals surface area contributed by atoms with Crippen LogP contribution in [0.4, 0.5) is 11.4 Å². The minimum atomic E-state index is -0.484. The van der Waals surface area contributed by atoms with Gasteiger partial charge in [0.05, 0.1) is 24.2 Å². The van der Waals surface area contributed by atoms with Crippen LogP contribution in [-0.4, -0.2) is 47.6 Å². The second-order valence-electron chi connectivity index (χ2n) is 5.70. The Balaban J connectivity index is 2.08. The minimum Gasteiger partial charge on any atom is -0.376 e. The predicted molar refractivity (Wildman–Crippen MR) is 82.9 cm³/mol. The Labute approximate surface area is 129 Å². The van der Waals surface area contributed by atoms with E-state index < -0.39 is 4.92 Å². The number of ether oxygens (including phenoxy) is 1. The van der Waals surface area contributed by atoms with Gasteiger partial charge in [-0.15, -0.1) is 0 Å². The van der Waals surface area contributed by atoms with E-state index >= 15 is 0 Å². The van der Waals surface area contributed by atoms with Gasteiger partial charge in [0.25, 0.3) is 5.69 Å². The first-order valence-electron chi connectivity index (χ1n) is 7.28. The van der Waals surface area contributed by atoms with Crippen molar-refractivity contribution in [2.45, 2.75) is 32.9 Å². The van der Waals surface area contributed by atoms with E-state index in [9.17, 15) is 14.9 Å². The van der Waals surface area contributed by atoms with E-state index in [2.05, 4.69) is 5.32 Å². The summed E-state index contributed by atoms with van der Waals surface area (Å²) in [6.45, 7) is 7.14. The van der Waals surface area contributed by atoms with E-state index in [1.165, 1.54) is 6.07 Å². The topological polar surface area (TPSA) is 84.7 Å². The largest absolute Gasteiger partial charge is 0.376 e. The van der Waals surface area contributed by atoms with Crippen molar-refractivity contribution in [3.63, 3.8) is 0 Å². The third kappa shape index (κ3) is 3.80. The van der Waals surface area contributed by atoms with E-state index in [0.717, 1.165) is 0 Å². The molecule has 7 nitrogen and oxygen atoms in total. The first-order chi connectivity index (χ1) is 10.4. The zero-order chi connectivity index (χ0) is 16.3. The molecule has 7 heteroatoms. The summed E-state index contributed by atoms with van der Waals surface area (Å²) in [5.74, 6) is -0.252. The summed E-state index contributed by atoms with van der Waals surface area (Å²) in [6.07, 6.45) is 0.0804. The van der Waals surface area contributed by atoms with Crippen molar-refractivity contribution in [1.82, 2.24) is 4.90 Å². The number of hydrogen-bond donors (Lipinski definition) is 1. The van der Waals surface area contributed by atoms with Crippen molar-refractivity contribution in [3.8, 4) is 0 Å². The lowest BCUT2D eigenvalue weighted by Gasteiger charge is -2.36. The van der Waals surface area contributed by atoms with Crippen LogP contribution < -0.4 is 5.32 Å². The number of nitrogens with one attached hydrogen (secondary N) is 1. The molecular weight excluding hydrogens is 286 g/mol. The van der Waals surface area contributed by atoms with Crippen LogP contribution in [-0.2, 0) is 9.53 Å². The highest BCUT2D eigenvalue weighted by molar-refractivity contribution is 5.95. The number of carbonyl (C=O) groups is 1. The van der Waals surface area contributed by atoms with Crippen LogP contribution in [0.3, 0.4) is 0 Å². The maximum atomic E-state index is 12.2. The van der Waals surface area contributed by atoms with Gasteiger partial charge in [-0.3, -0.25) is 19.8 Å². The fourth-order valence-corrected chi connectivity index (χ4v) is 2.52. The van der Waals surface area contributed by atoms with Crippen LogP contribution in [0.5, 0.6) is 0 Å². The standard InChI is InChI=1S/C15H21N3O4/c1-10-5-4-6-13(18(20)21)15(10)16-14(19)8-17-7-12(3)22-9-11(17)2/h4-6,11-12H,7-9H2,1-3H3,(H,16,19)/t11-,12-/m1/s1.